The maximum absolute atomic E-state index is 14.4. The molecule has 0 spiro atoms. The van der Waals surface area contributed by atoms with Crippen molar-refractivity contribution in [3.8, 4) is 0 Å². The first kappa shape index (κ1) is 28.8. The lowest BCUT2D eigenvalue weighted by molar-refractivity contribution is -0.146. The molecule has 5 aliphatic heterocycles. The van der Waals surface area contributed by atoms with Crippen LogP contribution in [0.3, 0.4) is 0 Å². The van der Waals surface area contributed by atoms with Gasteiger partial charge in [-0.25, -0.2) is 4.98 Å². The molecule has 3 saturated heterocycles. The summed E-state index contributed by atoms with van der Waals surface area (Å²) in [6, 6.07) is 7.38. The molecule has 0 aliphatic carbocycles. The van der Waals surface area contributed by atoms with Crippen molar-refractivity contribution in [3.05, 3.63) is 51.5 Å². The van der Waals surface area contributed by atoms with Gasteiger partial charge in [0.05, 0.1) is 17.1 Å². The number of aryl methyl sites for hydroxylation is 1. The lowest BCUT2D eigenvalue weighted by Gasteiger charge is -2.36. The fourth-order valence-corrected chi connectivity index (χ4v) is 8.13. The van der Waals surface area contributed by atoms with E-state index in [4.69, 9.17) is 4.98 Å². The molecule has 7 rings (SSSR count). The van der Waals surface area contributed by atoms with Crippen molar-refractivity contribution >= 4 is 35.0 Å². The summed E-state index contributed by atoms with van der Waals surface area (Å²) in [4.78, 5) is 66.5. The molecular weight excluding hydrogens is 552 g/mol. The van der Waals surface area contributed by atoms with E-state index in [0.29, 0.717) is 38.0 Å². The van der Waals surface area contributed by atoms with Gasteiger partial charge in [0.15, 0.2) is 0 Å². The number of aromatic nitrogens is 1. The Balaban J connectivity index is 1.35. The van der Waals surface area contributed by atoms with Crippen molar-refractivity contribution in [3.63, 3.8) is 0 Å². The second-order valence-electron chi connectivity index (χ2n) is 12.4. The van der Waals surface area contributed by atoms with Crippen molar-refractivity contribution in [2.75, 3.05) is 26.2 Å². The molecule has 2 aromatic rings. The number of benzene rings is 1. The Morgan fingerprint density at radius 3 is 2.48 bits per heavy atom. The van der Waals surface area contributed by atoms with Gasteiger partial charge in [-0.3, -0.25) is 19.2 Å². The standard InChI is InChI=1S/C31H40N6O4S/c1-18(2)32-22-13-25-30(40)35-11-9-20(10-12-35)28-34-24(19(3)42-28)15-27(38)33-23-14-26(31(41)37(25)16-22)36(17-23)29(39)21-7-5-4-6-8-21/h4-8,18,20,22-23,25-26,32H,9-17H2,1-3H3,(H,33,38)/t22-,23+,25-,26-/m0/s1. The molecule has 1 aromatic carbocycles. The van der Waals surface area contributed by atoms with Crippen LogP contribution in [0, 0.1) is 6.92 Å². The topological polar surface area (TPSA) is 115 Å². The molecule has 0 radical (unpaired) electrons. The van der Waals surface area contributed by atoms with Gasteiger partial charge in [-0.1, -0.05) is 32.0 Å². The third-order valence-corrected chi connectivity index (χ3v) is 10.2. The van der Waals surface area contributed by atoms with Crippen LogP contribution in [0.1, 0.15) is 71.4 Å². The average molecular weight is 593 g/mol. The number of rotatable bonds is 3. The first-order valence-electron chi connectivity index (χ1n) is 15.1. The molecule has 0 saturated carbocycles. The Hall–Kier alpha value is -3.31. The number of hydrogen-bond acceptors (Lipinski definition) is 7. The lowest BCUT2D eigenvalue weighted by atomic mass is 9.96. The number of carbonyl (C=O) groups excluding carboxylic acids is 4. The van der Waals surface area contributed by atoms with Crippen LogP contribution in [0.2, 0.25) is 0 Å². The molecule has 1 aromatic heterocycles. The van der Waals surface area contributed by atoms with E-state index in [1.165, 1.54) is 0 Å². The number of thiazole rings is 1. The SMILES string of the molecule is Cc1sc2nc1CC(=O)N[C@@H]1C[C@@H](C(=O)N3C[C@@H](NC(C)C)C[C@H]3C(=O)N3CCC2CC3)N(C(=O)c2ccccc2)C1. The zero-order valence-corrected chi connectivity index (χ0v) is 25.4. The summed E-state index contributed by atoms with van der Waals surface area (Å²) < 4.78 is 0. The molecule has 6 bridgehead atoms. The summed E-state index contributed by atoms with van der Waals surface area (Å²) in [5, 5.41) is 7.66. The van der Waals surface area contributed by atoms with E-state index in [0.717, 1.165) is 28.4 Å². The minimum Gasteiger partial charge on any atom is -0.351 e. The average Bonchev–Trinajstić information content (AvgIpc) is 3.69. The number of carbonyl (C=O) groups is 4. The molecule has 0 unspecified atom stereocenters. The maximum atomic E-state index is 14.4. The van der Waals surface area contributed by atoms with Gasteiger partial charge in [-0.05, 0) is 44.7 Å². The minimum absolute atomic E-state index is 0.0148. The number of likely N-dealkylation sites (tertiary alicyclic amines) is 1. The van der Waals surface area contributed by atoms with Gasteiger partial charge < -0.3 is 25.3 Å². The van der Waals surface area contributed by atoms with E-state index in [2.05, 4.69) is 24.5 Å². The van der Waals surface area contributed by atoms with E-state index < -0.39 is 12.1 Å². The van der Waals surface area contributed by atoms with Crippen molar-refractivity contribution in [2.45, 2.75) is 89.0 Å². The molecule has 4 amide bonds. The van der Waals surface area contributed by atoms with Crippen molar-refractivity contribution < 1.29 is 19.2 Å². The monoisotopic (exact) mass is 592 g/mol. The number of fused-ring (bicyclic) bond motifs is 4. The van der Waals surface area contributed by atoms with E-state index in [1.807, 2.05) is 17.9 Å². The van der Waals surface area contributed by atoms with Gasteiger partial charge in [-0.15, -0.1) is 11.3 Å². The Bertz CT molecular complexity index is 1350. The van der Waals surface area contributed by atoms with E-state index >= 15 is 0 Å². The summed E-state index contributed by atoms with van der Waals surface area (Å²) in [7, 11) is 0. The minimum atomic E-state index is -0.773. The zero-order chi connectivity index (χ0) is 29.5. The van der Waals surface area contributed by atoms with Gasteiger partial charge in [0.25, 0.3) is 5.91 Å². The summed E-state index contributed by atoms with van der Waals surface area (Å²) in [6.07, 6.45) is 2.62. The third kappa shape index (κ3) is 5.68. The highest BCUT2D eigenvalue weighted by Gasteiger charge is 2.48. The highest BCUT2D eigenvalue weighted by atomic mass is 32.1. The van der Waals surface area contributed by atoms with E-state index in [1.54, 1.807) is 45.4 Å². The Labute approximate surface area is 250 Å². The fraction of sp³-hybridized carbons (Fsp3) is 0.581. The lowest BCUT2D eigenvalue weighted by Crippen LogP contribution is -2.54. The van der Waals surface area contributed by atoms with Crippen LogP contribution in [0.5, 0.6) is 0 Å². The summed E-state index contributed by atoms with van der Waals surface area (Å²) in [5.74, 6) is -0.383. The highest BCUT2D eigenvalue weighted by Crippen LogP contribution is 2.34. The molecular formula is C31H40N6O4S. The van der Waals surface area contributed by atoms with Crippen LogP contribution >= 0.6 is 11.3 Å². The molecule has 4 atom stereocenters. The quantitative estimate of drug-likeness (QED) is 0.564. The molecule has 3 fully saturated rings. The molecule has 6 heterocycles. The van der Waals surface area contributed by atoms with Crippen LogP contribution in [-0.2, 0) is 20.8 Å². The second-order valence-corrected chi connectivity index (χ2v) is 13.7. The van der Waals surface area contributed by atoms with Crippen molar-refractivity contribution in [1.29, 1.82) is 0 Å². The van der Waals surface area contributed by atoms with Crippen LogP contribution in [0.4, 0.5) is 0 Å². The molecule has 11 heteroatoms. The Morgan fingerprint density at radius 2 is 1.76 bits per heavy atom. The first-order chi connectivity index (χ1) is 20.2. The zero-order valence-electron chi connectivity index (χ0n) is 24.5. The number of hydrogen-bond donors (Lipinski definition) is 2. The molecule has 10 nitrogen and oxygen atoms in total. The largest absolute Gasteiger partial charge is 0.351 e. The predicted molar refractivity (Wildman–Crippen MR) is 159 cm³/mol. The van der Waals surface area contributed by atoms with E-state index in [9.17, 15) is 19.2 Å². The van der Waals surface area contributed by atoms with Crippen molar-refractivity contribution in [2.24, 2.45) is 0 Å². The summed E-state index contributed by atoms with van der Waals surface area (Å²) in [6.45, 7) is 7.99. The summed E-state index contributed by atoms with van der Waals surface area (Å²) in [5.41, 5.74) is 1.27. The van der Waals surface area contributed by atoms with Gasteiger partial charge in [0.1, 0.15) is 12.1 Å². The molecule has 42 heavy (non-hydrogen) atoms. The Kier molecular flexibility index (Phi) is 8.06. The number of piperidine rings is 1. The van der Waals surface area contributed by atoms with Gasteiger partial charge in [0, 0.05) is 60.7 Å². The van der Waals surface area contributed by atoms with E-state index in [-0.39, 0.29) is 60.6 Å². The highest BCUT2D eigenvalue weighted by molar-refractivity contribution is 7.11. The first-order valence-corrected chi connectivity index (χ1v) is 16.0. The van der Waals surface area contributed by atoms with Crippen LogP contribution in [0.25, 0.3) is 0 Å². The third-order valence-electron chi connectivity index (χ3n) is 9.06. The summed E-state index contributed by atoms with van der Waals surface area (Å²) >= 11 is 1.65. The Morgan fingerprint density at radius 1 is 1.02 bits per heavy atom. The van der Waals surface area contributed by atoms with Gasteiger partial charge in [-0.2, -0.15) is 0 Å². The smallest absolute Gasteiger partial charge is 0.254 e. The number of nitrogens with one attached hydrogen (secondary N) is 2. The van der Waals surface area contributed by atoms with Crippen molar-refractivity contribution in [1.82, 2.24) is 30.3 Å². The normalized spacial score (nSPS) is 28.3. The molecule has 224 valence electrons. The number of amides is 4. The predicted octanol–water partition coefficient (Wildman–Crippen LogP) is 2.08. The van der Waals surface area contributed by atoms with Gasteiger partial charge in [0.2, 0.25) is 17.7 Å². The number of nitrogens with zero attached hydrogens (tertiary/aromatic N) is 4. The fourth-order valence-electron chi connectivity index (χ4n) is 7.02. The second kappa shape index (κ2) is 11.8. The molecule has 2 N–H and O–H groups in total. The van der Waals surface area contributed by atoms with Gasteiger partial charge >= 0.3 is 0 Å². The molecule has 5 aliphatic rings. The van der Waals surface area contributed by atoms with Crippen LogP contribution < -0.4 is 10.6 Å². The van der Waals surface area contributed by atoms with Crippen LogP contribution in [0.15, 0.2) is 30.3 Å². The van der Waals surface area contributed by atoms with Crippen LogP contribution in [-0.4, -0.2) is 99.7 Å². The maximum Gasteiger partial charge on any atom is 0.254 e.